The minimum Gasteiger partial charge on any atom is -0.296 e. The van der Waals surface area contributed by atoms with Gasteiger partial charge < -0.3 is 0 Å². The van der Waals surface area contributed by atoms with Gasteiger partial charge in [0, 0.05) is 37.3 Å². The maximum Gasteiger partial charge on any atom is 0.0132 e. The summed E-state index contributed by atoms with van der Waals surface area (Å²) in [6.07, 6.45) is 17.3. The van der Waals surface area contributed by atoms with E-state index in [0.29, 0.717) is 0 Å². The standard InChI is InChI=1S/C42H80N2/c1-27(2)35-17-13-31(9)23-39(35)43(40-24-32(10)14-18-36(40)28(3)4)21-22-44(41-25-33(11)15-19-37(41)29(5)6)42-26-34(12)16-20-38(42)30(7)8/h27-42H,13-26H2,1-12H3. The third kappa shape index (κ3) is 8.88. The average Bonchev–Trinajstić information content (AvgIpc) is 2.94. The maximum absolute atomic E-state index is 3.25. The van der Waals surface area contributed by atoms with Gasteiger partial charge in [-0.2, -0.15) is 0 Å². The van der Waals surface area contributed by atoms with Crippen molar-refractivity contribution < 1.29 is 0 Å². The van der Waals surface area contributed by atoms with E-state index in [1.54, 1.807) is 0 Å². The quantitative estimate of drug-likeness (QED) is 0.229. The molecule has 2 heteroatoms. The van der Waals surface area contributed by atoms with E-state index in [-0.39, 0.29) is 0 Å². The SMILES string of the molecule is CC1CCC(C(C)C)C(N(CCN(C2CC(C)CCC2C(C)C)C2CC(C)CCC2C(C)C)C2CC(C)CCC2C(C)C)C1. The summed E-state index contributed by atoms with van der Waals surface area (Å²) < 4.78 is 0. The molecule has 12 unspecified atom stereocenters. The zero-order chi connectivity index (χ0) is 32.3. The second-order valence-corrected chi connectivity index (χ2v) is 19.0. The highest BCUT2D eigenvalue weighted by atomic mass is 15.3. The summed E-state index contributed by atoms with van der Waals surface area (Å²) >= 11 is 0. The molecule has 0 spiro atoms. The van der Waals surface area contributed by atoms with Crippen LogP contribution in [0.1, 0.15) is 160 Å². The van der Waals surface area contributed by atoms with Gasteiger partial charge in [0.2, 0.25) is 0 Å². The Kier molecular flexibility index (Phi) is 13.7. The highest BCUT2D eigenvalue weighted by Gasteiger charge is 2.45. The van der Waals surface area contributed by atoms with E-state index in [1.165, 1.54) is 90.1 Å². The summed E-state index contributed by atoms with van der Waals surface area (Å²) in [5.41, 5.74) is 0. The molecule has 258 valence electrons. The molecule has 2 nitrogen and oxygen atoms in total. The third-order valence-electron chi connectivity index (χ3n) is 14.3. The molecule has 4 fully saturated rings. The molecule has 0 amide bonds. The molecule has 44 heavy (non-hydrogen) atoms. The molecule has 0 bridgehead atoms. The van der Waals surface area contributed by atoms with E-state index >= 15 is 0 Å². The first kappa shape index (κ1) is 36.8. The van der Waals surface area contributed by atoms with Crippen LogP contribution in [0.4, 0.5) is 0 Å². The van der Waals surface area contributed by atoms with E-state index in [4.69, 9.17) is 0 Å². The van der Waals surface area contributed by atoms with Crippen LogP contribution in [-0.4, -0.2) is 47.1 Å². The molecule has 0 radical (unpaired) electrons. The van der Waals surface area contributed by atoms with Gasteiger partial charge in [-0.05, 0) is 122 Å². The van der Waals surface area contributed by atoms with Gasteiger partial charge in [-0.25, -0.2) is 0 Å². The predicted molar refractivity (Wildman–Crippen MR) is 194 cm³/mol. The van der Waals surface area contributed by atoms with Crippen molar-refractivity contribution >= 4 is 0 Å². The zero-order valence-corrected chi connectivity index (χ0v) is 32.0. The highest BCUT2D eigenvalue weighted by Crippen LogP contribution is 2.45. The summed E-state index contributed by atoms with van der Waals surface area (Å²) in [5, 5.41) is 0. The predicted octanol–water partition coefficient (Wildman–Crippen LogP) is 11.4. The maximum atomic E-state index is 3.25. The Bertz CT molecular complexity index is 700. The van der Waals surface area contributed by atoms with E-state index < -0.39 is 0 Å². The molecule has 4 aliphatic rings. The van der Waals surface area contributed by atoms with Crippen LogP contribution >= 0.6 is 0 Å². The number of hydrogen-bond donors (Lipinski definition) is 0. The van der Waals surface area contributed by atoms with Crippen molar-refractivity contribution in [3.05, 3.63) is 0 Å². The van der Waals surface area contributed by atoms with Crippen molar-refractivity contribution in [2.45, 2.75) is 184 Å². The second-order valence-electron chi connectivity index (χ2n) is 19.0. The molecular weight excluding hydrogens is 532 g/mol. The van der Waals surface area contributed by atoms with Crippen LogP contribution in [0.5, 0.6) is 0 Å². The van der Waals surface area contributed by atoms with Crippen molar-refractivity contribution in [3.8, 4) is 0 Å². The van der Waals surface area contributed by atoms with Crippen molar-refractivity contribution in [3.63, 3.8) is 0 Å². The van der Waals surface area contributed by atoms with Crippen LogP contribution in [0, 0.1) is 71.0 Å². The van der Waals surface area contributed by atoms with Gasteiger partial charge in [0.05, 0.1) is 0 Å². The molecule has 0 aromatic rings. The van der Waals surface area contributed by atoms with Gasteiger partial charge in [-0.3, -0.25) is 9.80 Å². The van der Waals surface area contributed by atoms with Crippen LogP contribution in [0.3, 0.4) is 0 Å². The van der Waals surface area contributed by atoms with Gasteiger partial charge in [0.1, 0.15) is 0 Å². The van der Waals surface area contributed by atoms with E-state index in [2.05, 4.69) is 92.9 Å². The Morgan fingerprint density at radius 1 is 0.364 bits per heavy atom. The van der Waals surface area contributed by atoms with Gasteiger partial charge in [0.15, 0.2) is 0 Å². The first-order valence-electron chi connectivity index (χ1n) is 20.3. The fourth-order valence-electron chi connectivity index (χ4n) is 11.5. The van der Waals surface area contributed by atoms with Gasteiger partial charge in [0.25, 0.3) is 0 Å². The lowest BCUT2D eigenvalue weighted by atomic mass is 9.68. The van der Waals surface area contributed by atoms with Crippen molar-refractivity contribution in [1.82, 2.24) is 9.80 Å². The van der Waals surface area contributed by atoms with Crippen molar-refractivity contribution in [1.29, 1.82) is 0 Å². The molecule has 12 atom stereocenters. The van der Waals surface area contributed by atoms with Crippen molar-refractivity contribution in [2.24, 2.45) is 71.0 Å². The summed E-state index contributed by atoms with van der Waals surface area (Å²) in [4.78, 5) is 6.50. The van der Waals surface area contributed by atoms with E-state index in [1.807, 2.05) is 0 Å². The second kappa shape index (κ2) is 16.3. The fraction of sp³-hybridized carbons (Fsp3) is 1.00. The first-order valence-corrected chi connectivity index (χ1v) is 20.3. The Balaban J connectivity index is 1.74. The Hall–Kier alpha value is -0.0800. The van der Waals surface area contributed by atoms with E-state index in [9.17, 15) is 0 Å². The van der Waals surface area contributed by atoms with Crippen LogP contribution < -0.4 is 0 Å². The number of nitrogens with zero attached hydrogens (tertiary/aromatic N) is 2. The zero-order valence-electron chi connectivity index (χ0n) is 32.0. The van der Waals surface area contributed by atoms with Crippen LogP contribution in [0.25, 0.3) is 0 Å². The molecule has 4 rings (SSSR count). The first-order chi connectivity index (χ1) is 20.8. The Morgan fingerprint density at radius 2 is 0.568 bits per heavy atom. The average molecular weight is 613 g/mol. The molecule has 0 heterocycles. The molecule has 0 aromatic carbocycles. The Morgan fingerprint density at radius 3 is 0.750 bits per heavy atom. The van der Waals surface area contributed by atoms with Crippen molar-refractivity contribution in [2.75, 3.05) is 13.1 Å². The monoisotopic (exact) mass is 613 g/mol. The van der Waals surface area contributed by atoms with Crippen LogP contribution in [0.15, 0.2) is 0 Å². The van der Waals surface area contributed by atoms with E-state index in [0.717, 1.165) is 95.2 Å². The smallest absolute Gasteiger partial charge is 0.0132 e. The summed E-state index contributed by atoms with van der Waals surface area (Å²) in [6, 6.07) is 3.09. The highest BCUT2D eigenvalue weighted by molar-refractivity contribution is 4.99. The number of rotatable bonds is 11. The van der Waals surface area contributed by atoms with Gasteiger partial charge in [-0.15, -0.1) is 0 Å². The summed E-state index contributed by atoms with van der Waals surface area (Å²) in [6.45, 7) is 33.3. The summed E-state index contributed by atoms with van der Waals surface area (Å²) in [5.74, 6) is 10.1. The fourth-order valence-corrected chi connectivity index (χ4v) is 11.5. The molecule has 4 saturated carbocycles. The van der Waals surface area contributed by atoms with Gasteiger partial charge >= 0.3 is 0 Å². The molecule has 0 N–H and O–H groups in total. The third-order valence-corrected chi connectivity index (χ3v) is 14.3. The lowest BCUT2D eigenvalue weighted by Crippen LogP contribution is -2.60. The molecule has 0 aliphatic heterocycles. The van der Waals surface area contributed by atoms with Crippen LogP contribution in [-0.2, 0) is 0 Å². The lowest BCUT2D eigenvalue weighted by Gasteiger charge is -2.55. The number of hydrogen-bond acceptors (Lipinski definition) is 2. The largest absolute Gasteiger partial charge is 0.296 e. The topological polar surface area (TPSA) is 6.48 Å². The minimum absolute atomic E-state index is 0.773. The Labute approximate surface area is 277 Å². The molecular formula is C42H80N2. The normalized spacial score (nSPS) is 41.0. The van der Waals surface area contributed by atoms with Gasteiger partial charge in [-0.1, -0.05) is 109 Å². The molecule has 4 aliphatic carbocycles. The lowest BCUT2D eigenvalue weighted by molar-refractivity contribution is -0.0557. The molecule has 0 aromatic heterocycles. The summed E-state index contributed by atoms with van der Waals surface area (Å²) in [7, 11) is 0. The minimum atomic E-state index is 0.773. The van der Waals surface area contributed by atoms with Crippen LogP contribution in [0.2, 0.25) is 0 Å². The molecule has 0 saturated heterocycles.